The molecule has 0 bridgehead atoms. The number of likely N-dealkylation sites (tertiary alicyclic amines) is 1. The first-order valence-corrected chi connectivity index (χ1v) is 11.4. The molecule has 0 spiro atoms. The van der Waals surface area contributed by atoms with Crippen molar-refractivity contribution in [1.82, 2.24) is 14.9 Å². The van der Waals surface area contributed by atoms with Gasteiger partial charge in [-0.05, 0) is 50.2 Å². The van der Waals surface area contributed by atoms with Crippen LogP contribution in [0.3, 0.4) is 0 Å². The Kier molecular flexibility index (Phi) is 5.06. The number of thiophene rings is 1. The number of aromatic amines is 1. The fourth-order valence-electron chi connectivity index (χ4n) is 4.80. The topological polar surface area (TPSA) is 75.3 Å². The Hall–Kier alpha value is -2.67. The van der Waals surface area contributed by atoms with Crippen LogP contribution in [0, 0.1) is 0 Å². The van der Waals surface area contributed by atoms with Crippen molar-refractivity contribution < 1.29 is 9.53 Å². The van der Waals surface area contributed by atoms with E-state index in [0.717, 1.165) is 53.6 Å². The largest absolute Gasteiger partial charge is 0.496 e. The molecule has 3 aromatic rings. The second kappa shape index (κ2) is 7.87. The Balaban J connectivity index is 1.45. The maximum absolute atomic E-state index is 13.1. The average Bonchev–Trinajstić information content (AvgIpc) is 3.39. The van der Waals surface area contributed by atoms with Gasteiger partial charge in [0.2, 0.25) is 5.91 Å². The van der Waals surface area contributed by atoms with Crippen molar-refractivity contribution in [2.45, 2.75) is 51.0 Å². The van der Waals surface area contributed by atoms with Gasteiger partial charge in [-0.2, -0.15) is 0 Å². The minimum Gasteiger partial charge on any atom is -0.496 e. The normalized spacial score (nSPS) is 18.6. The van der Waals surface area contributed by atoms with Crippen LogP contribution < -0.4 is 10.3 Å². The summed E-state index contributed by atoms with van der Waals surface area (Å²) >= 11 is 1.65. The molecule has 1 aromatic carbocycles. The van der Waals surface area contributed by atoms with E-state index >= 15 is 0 Å². The molecule has 7 heteroatoms. The van der Waals surface area contributed by atoms with Crippen molar-refractivity contribution in [2.75, 3.05) is 13.7 Å². The van der Waals surface area contributed by atoms with E-state index in [1.165, 1.54) is 16.9 Å². The summed E-state index contributed by atoms with van der Waals surface area (Å²) in [5, 5.41) is 0.767. The van der Waals surface area contributed by atoms with Gasteiger partial charge in [0.05, 0.1) is 25.0 Å². The Labute approximate surface area is 178 Å². The van der Waals surface area contributed by atoms with E-state index < -0.39 is 0 Å². The monoisotopic (exact) mass is 423 g/mol. The van der Waals surface area contributed by atoms with Crippen molar-refractivity contribution in [3.63, 3.8) is 0 Å². The summed E-state index contributed by atoms with van der Waals surface area (Å²) in [7, 11) is 1.62. The highest BCUT2D eigenvalue weighted by Gasteiger charge is 2.33. The molecule has 1 atom stereocenters. The third-order valence-electron chi connectivity index (χ3n) is 6.27. The molecule has 6 nitrogen and oxygen atoms in total. The molecule has 2 aromatic heterocycles. The van der Waals surface area contributed by atoms with Crippen LogP contribution in [0.1, 0.15) is 53.6 Å². The Bertz CT molecular complexity index is 1170. The van der Waals surface area contributed by atoms with Gasteiger partial charge in [0.15, 0.2) is 0 Å². The molecule has 1 aliphatic carbocycles. The number of hydrogen-bond acceptors (Lipinski definition) is 5. The molecule has 2 aliphatic rings. The minimum absolute atomic E-state index is 0.0372. The molecule has 1 fully saturated rings. The van der Waals surface area contributed by atoms with Crippen LogP contribution in [0.5, 0.6) is 5.75 Å². The van der Waals surface area contributed by atoms with E-state index in [1.54, 1.807) is 18.4 Å². The molecule has 1 aliphatic heterocycles. The van der Waals surface area contributed by atoms with Crippen LogP contribution >= 0.6 is 11.3 Å². The van der Waals surface area contributed by atoms with Gasteiger partial charge in [-0.1, -0.05) is 18.2 Å². The smallest absolute Gasteiger partial charge is 0.259 e. The lowest BCUT2D eigenvalue weighted by Crippen LogP contribution is -2.33. The Morgan fingerprint density at radius 3 is 2.97 bits per heavy atom. The van der Waals surface area contributed by atoms with Crippen LogP contribution in [-0.2, 0) is 24.1 Å². The molecule has 5 rings (SSSR count). The first kappa shape index (κ1) is 19.3. The van der Waals surface area contributed by atoms with Gasteiger partial charge >= 0.3 is 0 Å². The summed E-state index contributed by atoms with van der Waals surface area (Å²) in [5.41, 5.74) is 2.01. The SMILES string of the molecule is COc1ccccc1CC(=O)N1CCCC1c1nc2sc3c(c2c(=O)[nH]1)CCCC3. The molecule has 1 amide bonds. The minimum atomic E-state index is -0.177. The van der Waals surface area contributed by atoms with Crippen molar-refractivity contribution >= 4 is 27.5 Å². The zero-order chi connectivity index (χ0) is 20.7. The van der Waals surface area contributed by atoms with Crippen LogP contribution in [0.2, 0.25) is 0 Å². The summed E-state index contributed by atoms with van der Waals surface area (Å²) in [6, 6.07) is 7.43. The van der Waals surface area contributed by atoms with Crippen molar-refractivity contribution in [2.24, 2.45) is 0 Å². The zero-order valence-electron chi connectivity index (χ0n) is 17.1. The number of hydrogen-bond donors (Lipinski definition) is 1. The summed E-state index contributed by atoms with van der Waals surface area (Å²) in [6.45, 7) is 0.682. The van der Waals surface area contributed by atoms with Gasteiger partial charge in [-0.3, -0.25) is 9.59 Å². The summed E-state index contributed by atoms with van der Waals surface area (Å²) < 4.78 is 5.39. The van der Waals surface area contributed by atoms with Crippen LogP contribution in [0.15, 0.2) is 29.1 Å². The van der Waals surface area contributed by atoms with E-state index in [-0.39, 0.29) is 23.9 Å². The maximum Gasteiger partial charge on any atom is 0.259 e. The highest BCUT2D eigenvalue weighted by molar-refractivity contribution is 7.18. The number of methoxy groups -OCH3 is 1. The van der Waals surface area contributed by atoms with Gasteiger partial charge in [0.25, 0.3) is 5.56 Å². The summed E-state index contributed by atoms with van der Waals surface area (Å²) in [6.07, 6.45) is 6.32. The summed E-state index contributed by atoms with van der Waals surface area (Å²) in [5.74, 6) is 1.38. The first-order valence-electron chi connectivity index (χ1n) is 10.6. The maximum atomic E-state index is 13.1. The lowest BCUT2D eigenvalue weighted by molar-refractivity contribution is -0.131. The predicted molar refractivity (Wildman–Crippen MR) is 117 cm³/mol. The van der Waals surface area contributed by atoms with Gasteiger partial charge in [-0.15, -0.1) is 11.3 Å². The molecular weight excluding hydrogens is 398 g/mol. The second-order valence-corrected chi connectivity index (χ2v) is 9.16. The molecular formula is C23H25N3O3S. The number of H-pyrrole nitrogens is 1. The number of nitrogens with zero attached hydrogens (tertiary/aromatic N) is 2. The van der Waals surface area contributed by atoms with Crippen molar-refractivity contribution in [1.29, 1.82) is 0 Å². The van der Waals surface area contributed by atoms with Gasteiger partial charge < -0.3 is 14.6 Å². The third-order valence-corrected chi connectivity index (χ3v) is 7.45. The zero-order valence-corrected chi connectivity index (χ0v) is 17.9. The number of ether oxygens (including phenoxy) is 1. The second-order valence-electron chi connectivity index (χ2n) is 8.08. The third kappa shape index (κ3) is 3.31. The lowest BCUT2D eigenvalue weighted by Gasteiger charge is -2.24. The standard InChI is InChI=1S/C23H25N3O3S/c1-29-17-10-4-2-7-14(17)13-19(27)26-12-6-9-16(26)21-24-22(28)20-15-8-3-5-11-18(15)30-23(20)25-21/h2,4,7,10,16H,3,5-6,8-9,11-13H2,1H3,(H,24,25,28). The first-order chi connectivity index (χ1) is 14.7. The van der Waals surface area contributed by atoms with E-state index in [9.17, 15) is 9.59 Å². The molecule has 156 valence electrons. The fourth-order valence-corrected chi connectivity index (χ4v) is 6.07. The number of aromatic nitrogens is 2. The van der Waals surface area contributed by atoms with Gasteiger partial charge in [-0.25, -0.2) is 4.98 Å². The number of amides is 1. The van der Waals surface area contributed by atoms with E-state index in [2.05, 4.69) is 4.98 Å². The number of nitrogens with one attached hydrogen (secondary N) is 1. The molecule has 30 heavy (non-hydrogen) atoms. The predicted octanol–water partition coefficient (Wildman–Crippen LogP) is 3.78. The molecule has 0 saturated carbocycles. The van der Waals surface area contributed by atoms with Gasteiger partial charge in [0.1, 0.15) is 16.4 Å². The number of carbonyl (C=O) groups excluding carboxylic acids is 1. The number of carbonyl (C=O) groups is 1. The fraction of sp³-hybridized carbons (Fsp3) is 0.435. The van der Waals surface area contributed by atoms with E-state index in [0.29, 0.717) is 12.4 Å². The van der Waals surface area contributed by atoms with Crippen molar-refractivity contribution in [3.05, 3.63) is 56.4 Å². The number of benzene rings is 1. The van der Waals surface area contributed by atoms with Crippen LogP contribution in [0.4, 0.5) is 0 Å². The number of para-hydroxylation sites is 1. The van der Waals surface area contributed by atoms with Crippen LogP contribution in [0.25, 0.3) is 10.2 Å². The summed E-state index contributed by atoms with van der Waals surface area (Å²) in [4.78, 5) is 37.9. The highest BCUT2D eigenvalue weighted by Crippen LogP contribution is 2.36. The van der Waals surface area contributed by atoms with E-state index in [1.807, 2.05) is 29.2 Å². The number of aryl methyl sites for hydroxylation is 2. The molecule has 0 radical (unpaired) electrons. The number of rotatable bonds is 4. The lowest BCUT2D eigenvalue weighted by atomic mass is 9.97. The molecule has 1 saturated heterocycles. The highest BCUT2D eigenvalue weighted by atomic mass is 32.1. The quantitative estimate of drug-likeness (QED) is 0.693. The molecule has 1 unspecified atom stereocenters. The molecule has 1 N–H and O–H groups in total. The van der Waals surface area contributed by atoms with Crippen LogP contribution in [-0.4, -0.2) is 34.4 Å². The number of fused-ring (bicyclic) bond motifs is 3. The Morgan fingerprint density at radius 1 is 1.27 bits per heavy atom. The van der Waals surface area contributed by atoms with Crippen molar-refractivity contribution in [3.8, 4) is 5.75 Å². The van der Waals surface area contributed by atoms with E-state index in [4.69, 9.17) is 9.72 Å². The Morgan fingerprint density at radius 2 is 2.10 bits per heavy atom. The average molecular weight is 424 g/mol. The van der Waals surface area contributed by atoms with Gasteiger partial charge in [0, 0.05) is 17.0 Å². The molecule has 3 heterocycles.